The third-order valence-electron chi connectivity index (χ3n) is 3.24. The first kappa shape index (κ1) is 11.6. The van der Waals surface area contributed by atoms with Crippen LogP contribution in [-0.2, 0) is 6.42 Å². The predicted molar refractivity (Wildman–Crippen MR) is 70.8 cm³/mol. The quantitative estimate of drug-likeness (QED) is 0.891. The summed E-state index contributed by atoms with van der Waals surface area (Å²) in [4.78, 5) is 21.0. The minimum atomic E-state index is -1.06. The number of hydrogen-bond acceptors (Lipinski definition) is 4. The fourth-order valence-corrected chi connectivity index (χ4v) is 2.34. The Morgan fingerprint density at radius 2 is 2.05 bits per heavy atom. The molecule has 0 bridgehead atoms. The van der Waals surface area contributed by atoms with Crippen molar-refractivity contribution in [1.82, 2.24) is 9.97 Å². The number of aromatic carboxylic acids is 1. The number of nitrogens with zero attached hydrogens (tertiary/aromatic N) is 3. The molecule has 1 N–H and O–H groups in total. The second-order valence-electron chi connectivity index (χ2n) is 4.45. The number of carboxylic acids is 1. The molecule has 5 heteroatoms. The van der Waals surface area contributed by atoms with Crippen LogP contribution in [0.4, 0.5) is 11.5 Å². The van der Waals surface area contributed by atoms with E-state index in [1.807, 2.05) is 12.1 Å². The van der Waals surface area contributed by atoms with Crippen LogP contribution in [0.15, 0.2) is 36.7 Å². The third kappa shape index (κ3) is 2.14. The molecule has 1 aromatic carbocycles. The van der Waals surface area contributed by atoms with Crippen LogP contribution in [0.2, 0.25) is 0 Å². The topological polar surface area (TPSA) is 66.3 Å². The van der Waals surface area contributed by atoms with Gasteiger partial charge in [0.2, 0.25) is 0 Å². The van der Waals surface area contributed by atoms with Crippen LogP contribution in [0.5, 0.6) is 0 Å². The second kappa shape index (κ2) is 4.68. The molecule has 0 fully saturated rings. The fraction of sp³-hybridized carbons (Fsp3) is 0.214. The number of aromatic nitrogens is 2. The first-order chi connectivity index (χ1) is 9.25. The molecule has 0 amide bonds. The zero-order valence-electron chi connectivity index (χ0n) is 10.3. The highest BCUT2D eigenvalue weighted by atomic mass is 16.4. The van der Waals surface area contributed by atoms with E-state index in [0.717, 1.165) is 25.1 Å². The number of carboxylic acid groups (broad SMARTS) is 1. The van der Waals surface area contributed by atoms with Crippen molar-refractivity contribution in [2.75, 3.05) is 11.4 Å². The summed E-state index contributed by atoms with van der Waals surface area (Å²) in [6.07, 6.45) is 4.94. The summed E-state index contributed by atoms with van der Waals surface area (Å²) in [7, 11) is 0. The molecule has 5 nitrogen and oxygen atoms in total. The van der Waals surface area contributed by atoms with Crippen LogP contribution in [0, 0.1) is 0 Å². The minimum Gasteiger partial charge on any atom is -0.476 e. The molecular weight excluding hydrogens is 242 g/mol. The van der Waals surface area contributed by atoms with E-state index in [-0.39, 0.29) is 5.69 Å². The molecule has 0 radical (unpaired) electrons. The average Bonchev–Trinajstić information content (AvgIpc) is 2.47. The summed E-state index contributed by atoms with van der Waals surface area (Å²) >= 11 is 0. The summed E-state index contributed by atoms with van der Waals surface area (Å²) in [5, 5.41) is 8.83. The van der Waals surface area contributed by atoms with Crippen molar-refractivity contribution in [2.45, 2.75) is 12.8 Å². The number of aryl methyl sites for hydroxylation is 1. The molecule has 1 aliphatic heterocycles. The lowest BCUT2D eigenvalue weighted by Gasteiger charge is -2.30. The number of benzene rings is 1. The molecule has 1 aromatic heterocycles. The highest BCUT2D eigenvalue weighted by molar-refractivity contribution is 5.85. The van der Waals surface area contributed by atoms with Crippen LogP contribution in [0.3, 0.4) is 0 Å². The molecule has 19 heavy (non-hydrogen) atoms. The number of rotatable bonds is 2. The maximum Gasteiger partial charge on any atom is 0.356 e. The number of para-hydroxylation sites is 1. The van der Waals surface area contributed by atoms with E-state index in [4.69, 9.17) is 5.11 Å². The molecule has 1 aliphatic rings. The van der Waals surface area contributed by atoms with Gasteiger partial charge in [-0.15, -0.1) is 0 Å². The average molecular weight is 255 g/mol. The number of anilines is 2. The maximum absolute atomic E-state index is 10.8. The lowest BCUT2D eigenvalue weighted by molar-refractivity contribution is 0.0690. The predicted octanol–water partition coefficient (Wildman–Crippen LogP) is 2.26. The van der Waals surface area contributed by atoms with Crippen molar-refractivity contribution >= 4 is 17.5 Å². The van der Waals surface area contributed by atoms with Crippen LogP contribution >= 0.6 is 0 Å². The molecule has 2 heterocycles. The van der Waals surface area contributed by atoms with Crippen molar-refractivity contribution in [1.29, 1.82) is 0 Å². The Kier molecular flexibility index (Phi) is 2.87. The Balaban J connectivity index is 1.97. The molecule has 3 rings (SSSR count). The van der Waals surface area contributed by atoms with E-state index in [9.17, 15) is 4.79 Å². The van der Waals surface area contributed by atoms with Gasteiger partial charge >= 0.3 is 5.97 Å². The number of fused-ring (bicyclic) bond motifs is 1. The van der Waals surface area contributed by atoms with Crippen molar-refractivity contribution in [2.24, 2.45) is 0 Å². The molecule has 0 unspecified atom stereocenters. The molecule has 0 spiro atoms. The SMILES string of the molecule is O=C(O)c1cnc(N2CCCc3ccccc32)cn1. The number of hydrogen-bond donors (Lipinski definition) is 1. The molecule has 2 aromatic rings. The Bertz CT molecular complexity index is 610. The van der Waals surface area contributed by atoms with Gasteiger partial charge in [0.1, 0.15) is 0 Å². The van der Waals surface area contributed by atoms with Gasteiger partial charge in [-0.3, -0.25) is 0 Å². The van der Waals surface area contributed by atoms with E-state index >= 15 is 0 Å². The zero-order valence-corrected chi connectivity index (χ0v) is 10.3. The Morgan fingerprint density at radius 1 is 1.21 bits per heavy atom. The Morgan fingerprint density at radius 3 is 2.79 bits per heavy atom. The first-order valence-electron chi connectivity index (χ1n) is 6.16. The van der Waals surface area contributed by atoms with E-state index in [1.54, 1.807) is 0 Å². The molecule has 96 valence electrons. The summed E-state index contributed by atoms with van der Waals surface area (Å²) in [6.45, 7) is 0.873. The summed E-state index contributed by atoms with van der Waals surface area (Å²) < 4.78 is 0. The van der Waals surface area contributed by atoms with Gasteiger partial charge in [-0.1, -0.05) is 18.2 Å². The monoisotopic (exact) mass is 255 g/mol. The van der Waals surface area contributed by atoms with Crippen molar-refractivity contribution in [3.05, 3.63) is 47.9 Å². The first-order valence-corrected chi connectivity index (χ1v) is 6.16. The van der Waals surface area contributed by atoms with Crippen LogP contribution in [0.25, 0.3) is 0 Å². The van der Waals surface area contributed by atoms with Crippen LogP contribution in [-0.4, -0.2) is 27.6 Å². The summed E-state index contributed by atoms with van der Waals surface area (Å²) in [5.41, 5.74) is 2.39. The van der Waals surface area contributed by atoms with Gasteiger partial charge in [-0.05, 0) is 24.5 Å². The van der Waals surface area contributed by atoms with E-state index in [1.165, 1.54) is 18.0 Å². The molecule has 0 aliphatic carbocycles. The van der Waals surface area contributed by atoms with E-state index in [0.29, 0.717) is 5.82 Å². The van der Waals surface area contributed by atoms with Crippen molar-refractivity contribution < 1.29 is 9.90 Å². The van der Waals surface area contributed by atoms with Gasteiger partial charge in [0.05, 0.1) is 12.4 Å². The molecular formula is C14H13N3O2. The van der Waals surface area contributed by atoms with Gasteiger partial charge in [0.25, 0.3) is 0 Å². The smallest absolute Gasteiger partial charge is 0.356 e. The van der Waals surface area contributed by atoms with Crippen LogP contribution < -0.4 is 4.90 Å². The summed E-state index contributed by atoms with van der Waals surface area (Å²) in [6, 6.07) is 8.19. The van der Waals surface area contributed by atoms with Gasteiger partial charge in [-0.2, -0.15) is 0 Å². The Labute approximate surface area is 110 Å². The largest absolute Gasteiger partial charge is 0.476 e. The highest BCUT2D eigenvalue weighted by Gasteiger charge is 2.19. The zero-order chi connectivity index (χ0) is 13.2. The highest BCUT2D eigenvalue weighted by Crippen LogP contribution is 2.31. The van der Waals surface area contributed by atoms with Crippen molar-refractivity contribution in [3.8, 4) is 0 Å². The van der Waals surface area contributed by atoms with Gasteiger partial charge in [0.15, 0.2) is 11.5 Å². The van der Waals surface area contributed by atoms with Crippen LogP contribution in [0.1, 0.15) is 22.5 Å². The number of carbonyl (C=O) groups is 1. The lowest BCUT2D eigenvalue weighted by Crippen LogP contribution is -2.25. The Hall–Kier alpha value is -2.43. The molecule has 0 saturated heterocycles. The minimum absolute atomic E-state index is 0.0333. The standard InChI is InChI=1S/C14H13N3O2/c18-14(19)11-8-16-13(9-15-11)17-7-3-5-10-4-1-2-6-12(10)17/h1-2,4,6,8-9H,3,5,7H2,(H,18,19). The lowest BCUT2D eigenvalue weighted by atomic mass is 10.0. The van der Waals surface area contributed by atoms with Gasteiger partial charge in [0, 0.05) is 12.2 Å². The van der Waals surface area contributed by atoms with Gasteiger partial charge < -0.3 is 10.0 Å². The molecule has 0 saturated carbocycles. The molecule has 0 atom stereocenters. The van der Waals surface area contributed by atoms with Gasteiger partial charge in [-0.25, -0.2) is 14.8 Å². The fourth-order valence-electron chi connectivity index (χ4n) is 2.34. The van der Waals surface area contributed by atoms with E-state index in [2.05, 4.69) is 27.0 Å². The van der Waals surface area contributed by atoms with Crippen molar-refractivity contribution in [3.63, 3.8) is 0 Å². The second-order valence-corrected chi connectivity index (χ2v) is 4.45. The summed E-state index contributed by atoms with van der Waals surface area (Å²) in [5.74, 6) is -0.366. The maximum atomic E-state index is 10.8. The third-order valence-corrected chi connectivity index (χ3v) is 3.24. The van der Waals surface area contributed by atoms with E-state index < -0.39 is 5.97 Å². The normalized spacial score (nSPS) is 14.0.